The van der Waals surface area contributed by atoms with Crippen molar-refractivity contribution in [2.45, 2.75) is 18.6 Å². The standard InChI is InChI=1S/C10H11FN2O4/c11-6-3-13-7(1-5(6)4-14)10(17)8(15)2-9(12)16/h1,3-4,8,10,15,17H,2H2,(H2,12,16). The summed E-state index contributed by atoms with van der Waals surface area (Å²) in [5.74, 6) is -1.63. The maximum Gasteiger partial charge on any atom is 0.220 e. The van der Waals surface area contributed by atoms with Crippen LogP contribution in [0.15, 0.2) is 12.3 Å². The van der Waals surface area contributed by atoms with Gasteiger partial charge in [0.05, 0.1) is 30.0 Å². The van der Waals surface area contributed by atoms with E-state index in [2.05, 4.69) is 4.98 Å². The van der Waals surface area contributed by atoms with Crippen LogP contribution in [-0.4, -0.2) is 33.5 Å². The Kier molecular flexibility index (Phi) is 4.24. The highest BCUT2D eigenvalue weighted by Crippen LogP contribution is 2.18. The van der Waals surface area contributed by atoms with Crippen molar-refractivity contribution >= 4 is 12.2 Å². The lowest BCUT2D eigenvalue weighted by Crippen LogP contribution is -2.26. The zero-order chi connectivity index (χ0) is 13.0. The fraction of sp³-hybridized carbons (Fsp3) is 0.300. The predicted molar refractivity (Wildman–Crippen MR) is 54.4 cm³/mol. The Morgan fingerprint density at radius 2 is 2.24 bits per heavy atom. The van der Waals surface area contributed by atoms with Crippen LogP contribution in [0, 0.1) is 5.82 Å². The van der Waals surface area contributed by atoms with Crippen molar-refractivity contribution < 1.29 is 24.2 Å². The Bertz CT molecular complexity index is 438. The minimum Gasteiger partial charge on any atom is -0.389 e. The maximum absolute atomic E-state index is 12.9. The van der Waals surface area contributed by atoms with Crippen molar-refractivity contribution in [3.05, 3.63) is 29.3 Å². The Morgan fingerprint density at radius 3 is 2.76 bits per heavy atom. The number of primary amides is 1. The van der Waals surface area contributed by atoms with E-state index < -0.39 is 30.4 Å². The number of aldehydes is 1. The molecule has 0 aromatic carbocycles. The molecule has 0 aliphatic rings. The lowest BCUT2D eigenvalue weighted by molar-refractivity contribution is -0.121. The van der Waals surface area contributed by atoms with Gasteiger partial charge in [-0.15, -0.1) is 0 Å². The minimum atomic E-state index is -1.51. The van der Waals surface area contributed by atoms with Crippen LogP contribution in [0.4, 0.5) is 4.39 Å². The van der Waals surface area contributed by atoms with E-state index in [1.54, 1.807) is 0 Å². The van der Waals surface area contributed by atoms with Gasteiger partial charge in [0.25, 0.3) is 0 Å². The van der Waals surface area contributed by atoms with Crippen LogP contribution in [0.2, 0.25) is 0 Å². The number of nitrogens with zero attached hydrogens (tertiary/aromatic N) is 1. The molecule has 1 aromatic rings. The molecule has 0 fully saturated rings. The van der Waals surface area contributed by atoms with E-state index in [-0.39, 0.29) is 17.5 Å². The number of carbonyl (C=O) groups excluding carboxylic acids is 2. The average Bonchev–Trinajstić information content (AvgIpc) is 2.27. The first-order chi connectivity index (χ1) is 7.95. The number of amides is 1. The maximum atomic E-state index is 12.9. The number of pyridine rings is 1. The van der Waals surface area contributed by atoms with Crippen molar-refractivity contribution in [3.8, 4) is 0 Å². The van der Waals surface area contributed by atoms with Crippen molar-refractivity contribution in [2.24, 2.45) is 5.73 Å². The molecule has 6 nitrogen and oxygen atoms in total. The molecule has 0 saturated carbocycles. The molecule has 4 N–H and O–H groups in total. The quantitative estimate of drug-likeness (QED) is 0.591. The number of hydrogen-bond donors (Lipinski definition) is 3. The molecule has 0 saturated heterocycles. The highest BCUT2D eigenvalue weighted by molar-refractivity contribution is 5.75. The normalized spacial score (nSPS) is 14.1. The number of halogens is 1. The van der Waals surface area contributed by atoms with E-state index in [1.807, 2.05) is 0 Å². The predicted octanol–water partition coefficient (Wildman–Crippen LogP) is -0.697. The zero-order valence-corrected chi connectivity index (χ0v) is 8.71. The van der Waals surface area contributed by atoms with Crippen molar-refractivity contribution in [3.63, 3.8) is 0 Å². The average molecular weight is 242 g/mol. The molecular formula is C10H11FN2O4. The number of nitrogens with two attached hydrogens (primary N) is 1. The minimum absolute atomic E-state index is 0.109. The van der Waals surface area contributed by atoms with Gasteiger partial charge in [-0.05, 0) is 6.07 Å². The van der Waals surface area contributed by atoms with E-state index in [1.165, 1.54) is 0 Å². The van der Waals surface area contributed by atoms with Gasteiger partial charge in [0.15, 0.2) is 12.1 Å². The second-order valence-corrected chi connectivity index (χ2v) is 3.43. The zero-order valence-electron chi connectivity index (χ0n) is 8.71. The molecule has 1 aromatic heterocycles. The molecule has 0 aliphatic heterocycles. The van der Waals surface area contributed by atoms with Gasteiger partial charge in [-0.3, -0.25) is 14.6 Å². The molecule has 0 aliphatic carbocycles. The van der Waals surface area contributed by atoms with Gasteiger partial charge in [0, 0.05) is 0 Å². The van der Waals surface area contributed by atoms with Gasteiger partial charge in [0.2, 0.25) is 5.91 Å². The molecule has 0 spiro atoms. The van der Waals surface area contributed by atoms with Gasteiger partial charge in [0.1, 0.15) is 6.10 Å². The summed E-state index contributed by atoms with van der Waals surface area (Å²) in [6, 6.07) is 0.997. The third-order valence-corrected chi connectivity index (χ3v) is 2.11. The molecule has 0 radical (unpaired) electrons. The molecule has 1 rings (SSSR count). The molecule has 2 unspecified atom stereocenters. The van der Waals surface area contributed by atoms with E-state index in [0.29, 0.717) is 0 Å². The van der Waals surface area contributed by atoms with E-state index in [4.69, 9.17) is 5.73 Å². The van der Waals surface area contributed by atoms with Gasteiger partial charge in [-0.1, -0.05) is 0 Å². The van der Waals surface area contributed by atoms with Crippen molar-refractivity contribution in [2.75, 3.05) is 0 Å². The number of aliphatic hydroxyl groups is 2. The Labute approximate surface area is 95.9 Å². The monoisotopic (exact) mass is 242 g/mol. The summed E-state index contributed by atoms with van der Waals surface area (Å²) >= 11 is 0. The third-order valence-electron chi connectivity index (χ3n) is 2.11. The Morgan fingerprint density at radius 1 is 1.59 bits per heavy atom. The van der Waals surface area contributed by atoms with Crippen LogP contribution in [0.3, 0.4) is 0 Å². The second-order valence-electron chi connectivity index (χ2n) is 3.43. The largest absolute Gasteiger partial charge is 0.389 e. The first-order valence-corrected chi connectivity index (χ1v) is 4.70. The topological polar surface area (TPSA) is 114 Å². The summed E-state index contributed by atoms with van der Waals surface area (Å²) < 4.78 is 12.9. The lowest BCUT2D eigenvalue weighted by Gasteiger charge is -2.16. The summed E-state index contributed by atoms with van der Waals surface area (Å²) in [5, 5.41) is 19.0. The number of carbonyl (C=O) groups is 2. The molecule has 1 amide bonds. The van der Waals surface area contributed by atoms with E-state index >= 15 is 0 Å². The molecule has 92 valence electrons. The summed E-state index contributed by atoms with van der Waals surface area (Å²) in [6.07, 6.45) is -2.42. The number of aliphatic hydroxyl groups excluding tert-OH is 2. The van der Waals surface area contributed by atoms with Gasteiger partial charge >= 0.3 is 0 Å². The third kappa shape index (κ3) is 3.30. The first-order valence-electron chi connectivity index (χ1n) is 4.70. The Balaban J connectivity index is 2.92. The summed E-state index contributed by atoms with van der Waals surface area (Å²) in [7, 11) is 0. The van der Waals surface area contributed by atoms with Crippen LogP contribution in [0.1, 0.15) is 28.6 Å². The van der Waals surface area contributed by atoms with E-state index in [0.717, 1.165) is 12.3 Å². The summed E-state index contributed by atoms with van der Waals surface area (Å²) in [4.78, 5) is 24.5. The Hall–Kier alpha value is -1.86. The van der Waals surface area contributed by atoms with Crippen LogP contribution in [0.5, 0.6) is 0 Å². The second kappa shape index (κ2) is 5.46. The molecule has 2 atom stereocenters. The van der Waals surface area contributed by atoms with Crippen molar-refractivity contribution in [1.82, 2.24) is 4.98 Å². The first kappa shape index (κ1) is 13.2. The molecular weight excluding hydrogens is 231 g/mol. The van der Waals surface area contributed by atoms with Crippen LogP contribution < -0.4 is 5.73 Å². The van der Waals surface area contributed by atoms with Gasteiger partial charge in [-0.25, -0.2) is 4.39 Å². The fourth-order valence-corrected chi connectivity index (χ4v) is 1.24. The molecule has 7 heteroatoms. The lowest BCUT2D eigenvalue weighted by atomic mass is 10.1. The smallest absolute Gasteiger partial charge is 0.220 e. The van der Waals surface area contributed by atoms with Crippen LogP contribution in [-0.2, 0) is 4.79 Å². The number of aromatic nitrogens is 1. The fourth-order valence-electron chi connectivity index (χ4n) is 1.24. The van der Waals surface area contributed by atoms with Crippen LogP contribution in [0.25, 0.3) is 0 Å². The number of hydrogen-bond acceptors (Lipinski definition) is 5. The molecule has 1 heterocycles. The van der Waals surface area contributed by atoms with Crippen molar-refractivity contribution in [1.29, 1.82) is 0 Å². The van der Waals surface area contributed by atoms with Gasteiger partial charge < -0.3 is 15.9 Å². The van der Waals surface area contributed by atoms with Crippen LogP contribution >= 0.6 is 0 Å². The molecule has 0 bridgehead atoms. The van der Waals surface area contributed by atoms with E-state index in [9.17, 15) is 24.2 Å². The molecule has 17 heavy (non-hydrogen) atoms. The summed E-state index contributed by atoms with van der Waals surface area (Å²) in [6.45, 7) is 0. The highest BCUT2D eigenvalue weighted by Gasteiger charge is 2.22. The summed E-state index contributed by atoms with van der Waals surface area (Å²) in [5.41, 5.74) is 4.44. The van der Waals surface area contributed by atoms with Gasteiger partial charge in [-0.2, -0.15) is 0 Å². The SMILES string of the molecule is NC(=O)CC(O)C(O)c1cc(C=O)c(F)cn1. The highest BCUT2D eigenvalue weighted by atomic mass is 19.1. The number of rotatable bonds is 5.